The molecule has 49 heavy (non-hydrogen) atoms. The highest BCUT2D eigenvalue weighted by atomic mass is 16.3. The number of phenols is 1. The maximum Gasteiger partial charge on any atom is 0.231 e. The molecule has 0 amide bonds. The second-order valence-corrected chi connectivity index (χ2v) is 12.8. The molecule has 1 N–H and O–H groups in total. The van der Waals surface area contributed by atoms with Crippen molar-refractivity contribution in [1.29, 1.82) is 0 Å². The largest absolute Gasteiger partial charge is 0.507 e. The Labute approximate surface area is 286 Å². The third kappa shape index (κ3) is 5.79. The molecule has 0 saturated heterocycles. The molecule has 0 atom stereocenters. The first kappa shape index (κ1) is 30.1. The zero-order valence-corrected chi connectivity index (χ0v) is 27.3. The Morgan fingerprint density at radius 1 is 0.510 bits per heavy atom. The van der Waals surface area contributed by atoms with E-state index in [0.717, 1.165) is 44.6 Å². The number of aromatic nitrogens is 2. The van der Waals surface area contributed by atoms with E-state index in [2.05, 4.69) is 105 Å². The van der Waals surface area contributed by atoms with Crippen LogP contribution in [0.5, 0.6) is 5.75 Å². The fourth-order valence-corrected chi connectivity index (χ4v) is 6.52. The number of benzene rings is 6. The van der Waals surface area contributed by atoms with E-state index in [1.807, 2.05) is 72.9 Å². The van der Waals surface area contributed by atoms with Crippen molar-refractivity contribution in [3.63, 3.8) is 0 Å². The zero-order valence-electron chi connectivity index (χ0n) is 27.3. The lowest BCUT2D eigenvalue weighted by Gasteiger charge is -2.26. The van der Waals surface area contributed by atoms with E-state index in [0.29, 0.717) is 17.0 Å². The molecule has 8 rings (SSSR count). The highest BCUT2D eigenvalue weighted by Gasteiger charge is 2.25. The summed E-state index contributed by atoms with van der Waals surface area (Å²) in [5, 5.41) is 11.2. The first-order valence-electron chi connectivity index (χ1n) is 16.5. The topological polar surface area (TPSA) is 59.2 Å². The van der Waals surface area contributed by atoms with Crippen molar-refractivity contribution in [2.24, 2.45) is 0 Å². The van der Waals surface area contributed by atoms with Gasteiger partial charge in [0.05, 0.1) is 11.3 Å². The van der Waals surface area contributed by atoms with Gasteiger partial charge in [0.1, 0.15) is 11.3 Å². The van der Waals surface area contributed by atoms with Crippen molar-refractivity contribution in [2.75, 3.05) is 0 Å². The molecular formula is C45H34N2O2. The van der Waals surface area contributed by atoms with Gasteiger partial charge in [0.15, 0.2) is 5.58 Å². The van der Waals surface area contributed by atoms with Gasteiger partial charge in [0.2, 0.25) is 5.89 Å². The quantitative estimate of drug-likeness (QED) is 0.189. The second kappa shape index (κ2) is 12.4. The number of nitrogens with zero attached hydrogens (tertiary/aromatic N) is 2. The minimum atomic E-state index is -0.280. The van der Waals surface area contributed by atoms with Crippen LogP contribution in [0.2, 0.25) is 0 Å². The van der Waals surface area contributed by atoms with Gasteiger partial charge in [0, 0.05) is 22.7 Å². The number of fused-ring (bicyclic) bond motifs is 1. The molecule has 0 aliphatic heterocycles. The van der Waals surface area contributed by atoms with Crippen LogP contribution in [0.15, 0.2) is 168 Å². The maximum atomic E-state index is 11.2. The molecule has 4 heteroatoms. The highest BCUT2D eigenvalue weighted by molar-refractivity contribution is 5.93. The van der Waals surface area contributed by atoms with Crippen LogP contribution in [0.4, 0.5) is 0 Å². The van der Waals surface area contributed by atoms with E-state index in [-0.39, 0.29) is 11.2 Å². The number of rotatable bonds is 7. The van der Waals surface area contributed by atoms with E-state index in [1.165, 1.54) is 16.7 Å². The summed E-state index contributed by atoms with van der Waals surface area (Å²) in [6, 6.07) is 53.6. The Morgan fingerprint density at radius 3 is 1.92 bits per heavy atom. The van der Waals surface area contributed by atoms with Crippen molar-refractivity contribution in [3.8, 4) is 61.8 Å². The number of oxazole rings is 1. The van der Waals surface area contributed by atoms with Crippen molar-refractivity contribution < 1.29 is 9.52 Å². The summed E-state index contributed by atoms with van der Waals surface area (Å²) >= 11 is 0. The lowest BCUT2D eigenvalue weighted by Crippen LogP contribution is -2.18. The van der Waals surface area contributed by atoms with Gasteiger partial charge < -0.3 is 9.52 Å². The third-order valence-corrected chi connectivity index (χ3v) is 9.42. The molecule has 0 aliphatic carbocycles. The van der Waals surface area contributed by atoms with E-state index in [4.69, 9.17) is 14.4 Å². The minimum absolute atomic E-state index is 0.136. The first-order valence-corrected chi connectivity index (χ1v) is 16.5. The van der Waals surface area contributed by atoms with E-state index >= 15 is 0 Å². The number of phenolic OH excluding ortho intramolecular Hbond substituents is 1. The molecule has 6 aromatic carbocycles. The van der Waals surface area contributed by atoms with E-state index in [9.17, 15) is 5.11 Å². The first-order chi connectivity index (χ1) is 23.9. The molecule has 0 fully saturated rings. The molecule has 2 aromatic heterocycles. The Bertz CT molecular complexity index is 2410. The zero-order chi connectivity index (χ0) is 33.4. The Balaban J connectivity index is 1.10. The summed E-state index contributed by atoms with van der Waals surface area (Å²) in [5.74, 6) is 0.519. The van der Waals surface area contributed by atoms with E-state index < -0.39 is 0 Å². The van der Waals surface area contributed by atoms with Gasteiger partial charge in [-0.25, -0.2) is 4.98 Å². The Morgan fingerprint density at radius 2 is 1.16 bits per heavy atom. The van der Waals surface area contributed by atoms with Crippen LogP contribution in [0.1, 0.15) is 25.0 Å². The summed E-state index contributed by atoms with van der Waals surface area (Å²) < 4.78 is 6.24. The van der Waals surface area contributed by atoms with Crippen molar-refractivity contribution >= 4 is 11.1 Å². The lowest BCUT2D eigenvalue weighted by molar-refractivity contribution is 0.471. The molecule has 236 valence electrons. The molecule has 4 nitrogen and oxygen atoms in total. The number of para-hydroxylation sites is 1. The molecule has 0 spiro atoms. The fourth-order valence-electron chi connectivity index (χ4n) is 6.52. The average molecular weight is 635 g/mol. The minimum Gasteiger partial charge on any atom is -0.507 e. The van der Waals surface area contributed by atoms with Gasteiger partial charge in [-0.3, -0.25) is 4.98 Å². The SMILES string of the molecule is CC(C)(c1ccccc1)c1ccc(-c2nc3c(-c4cccc(-c5cc(-c6ccc(-c7ccccc7)cc6)ccn5)c4)cccc3o2)c(O)c1. The van der Waals surface area contributed by atoms with Crippen LogP contribution >= 0.6 is 0 Å². The van der Waals surface area contributed by atoms with Crippen LogP contribution < -0.4 is 0 Å². The molecule has 0 bridgehead atoms. The highest BCUT2D eigenvalue weighted by Crippen LogP contribution is 2.39. The van der Waals surface area contributed by atoms with Gasteiger partial charge in [-0.1, -0.05) is 135 Å². The predicted octanol–water partition coefficient (Wildman–Crippen LogP) is 11.6. The maximum absolute atomic E-state index is 11.2. The third-order valence-electron chi connectivity index (χ3n) is 9.42. The van der Waals surface area contributed by atoms with E-state index in [1.54, 1.807) is 0 Å². The van der Waals surface area contributed by atoms with Crippen molar-refractivity contribution in [2.45, 2.75) is 19.3 Å². The molecule has 0 saturated carbocycles. The van der Waals surface area contributed by atoms with Crippen LogP contribution in [0.25, 0.3) is 67.2 Å². The lowest BCUT2D eigenvalue weighted by atomic mass is 9.78. The number of aromatic hydroxyl groups is 1. The Hall–Kier alpha value is -6.26. The van der Waals surface area contributed by atoms with Gasteiger partial charge in [-0.2, -0.15) is 0 Å². The Kier molecular flexibility index (Phi) is 7.62. The average Bonchev–Trinajstić information content (AvgIpc) is 3.60. The molecular weight excluding hydrogens is 601 g/mol. The monoisotopic (exact) mass is 634 g/mol. The smallest absolute Gasteiger partial charge is 0.231 e. The summed E-state index contributed by atoms with van der Waals surface area (Å²) in [4.78, 5) is 9.65. The normalized spacial score (nSPS) is 11.6. The molecule has 0 unspecified atom stereocenters. The number of hydrogen-bond donors (Lipinski definition) is 1. The van der Waals surface area contributed by atoms with Crippen LogP contribution in [-0.4, -0.2) is 15.1 Å². The van der Waals surface area contributed by atoms with Crippen LogP contribution in [-0.2, 0) is 5.41 Å². The van der Waals surface area contributed by atoms with Gasteiger partial charge in [-0.15, -0.1) is 0 Å². The standard InChI is InChI=1S/C45H34N2O2/c1-45(2,36-15-7-4-8-16-36)37-23-24-39(41(48)29-37)44-47-43-38(17-10-18-42(43)49-44)34-13-9-14-35(27-34)40-28-33(25-26-46-40)32-21-19-31(20-22-32)30-11-5-3-6-12-30/h3-29,48H,1-2H3. The summed E-state index contributed by atoms with van der Waals surface area (Å²) in [5.41, 5.74) is 12.4. The van der Waals surface area contributed by atoms with Gasteiger partial charge in [-0.05, 0) is 75.3 Å². The molecule has 8 aromatic rings. The summed E-state index contributed by atoms with van der Waals surface area (Å²) in [6.45, 7) is 4.32. The summed E-state index contributed by atoms with van der Waals surface area (Å²) in [7, 11) is 0. The molecule has 0 radical (unpaired) electrons. The van der Waals surface area contributed by atoms with Gasteiger partial charge in [0.25, 0.3) is 0 Å². The molecule has 0 aliphatic rings. The number of hydrogen-bond acceptors (Lipinski definition) is 4. The van der Waals surface area contributed by atoms with Crippen molar-refractivity contribution in [3.05, 3.63) is 175 Å². The predicted molar refractivity (Wildman–Crippen MR) is 199 cm³/mol. The second-order valence-electron chi connectivity index (χ2n) is 12.8. The van der Waals surface area contributed by atoms with Crippen molar-refractivity contribution in [1.82, 2.24) is 9.97 Å². The number of pyridine rings is 1. The fraction of sp³-hybridized carbons (Fsp3) is 0.0667. The summed E-state index contributed by atoms with van der Waals surface area (Å²) in [6.07, 6.45) is 1.87. The van der Waals surface area contributed by atoms with Crippen LogP contribution in [0.3, 0.4) is 0 Å². The van der Waals surface area contributed by atoms with Crippen LogP contribution in [0, 0.1) is 0 Å². The molecule has 2 heterocycles. The van der Waals surface area contributed by atoms with Gasteiger partial charge >= 0.3 is 0 Å².